The summed E-state index contributed by atoms with van der Waals surface area (Å²) in [6.45, 7) is 5.40. The molecule has 0 bridgehead atoms. The van der Waals surface area contributed by atoms with E-state index >= 15 is 0 Å². The van der Waals surface area contributed by atoms with Crippen molar-refractivity contribution < 1.29 is 22.7 Å². The lowest BCUT2D eigenvalue weighted by Crippen LogP contribution is -2.50. The van der Waals surface area contributed by atoms with Crippen LogP contribution in [-0.2, 0) is 19.5 Å². The second-order valence-corrected chi connectivity index (χ2v) is 9.31. The highest BCUT2D eigenvalue weighted by Crippen LogP contribution is 2.26. The number of nitrogens with zero attached hydrogens (tertiary/aromatic N) is 2. The molecule has 0 saturated carbocycles. The van der Waals surface area contributed by atoms with E-state index in [0.29, 0.717) is 25.3 Å². The molecule has 1 aromatic rings. The summed E-state index contributed by atoms with van der Waals surface area (Å²) in [4.78, 5) is 15.0. The smallest absolute Gasteiger partial charge is 0.254 e. The van der Waals surface area contributed by atoms with Gasteiger partial charge in [-0.2, -0.15) is 4.31 Å². The van der Waals surface area contributed by atoms with Crippen molar-refractivity contribution >= 4 is 15.9 Å². The molecule has 0 aliphatic carbocycles. The van der Waals surface area contributed by atoms with Gasteiger partial charge in [-0.3, -0.25) is 4.79 Å². The van der Waals surface area contributed by atoms with Crippen molar-refractivity contribution in [2.75, 3.05) is 26.8 Å². The fraction of sp³-hybridized carbons (Fsp3) is 0.632. The summed E-state index contributed by atoms with van der Waals surface area (Å²) in [5, 5.41) is 0. The van der Waals surface area contributed by atoms with Gasteiger partial charge in [-0.1, -0.05) is 0 Å². The van der Waals surface area contributed by atoms with Gasteiger partial charge in [-0.25, -0.2) is 8.42 Å². The summed E-state index contributed by atoms with van der Waals surface area (Å²) >= 11 is 0. The minimum absolute atomic E-state index is 0.0933. The van der Waals surface area contributed by atoms with Crippen LogP contribution < -0.4 is 0 Å². The highest BCUT2D eigenvalue weighted by atomic mass is 32.2. The second kappa shape index (κ2) is 8.26. The number of likely N-dealkylation sites (tertiary alicyclic amines) is 1. The van der Waals surface area contributed by atoms with Crippen LogP contribution in [0.1, 0.15) is 43.5 Å². The van der Waals surface area contributed by atoms with Crippen LogP contribution in [0.15, 0.2) is 29.2 Å². The highest BCUT2D eigenvalue weighted by Gasteiger charge is 2.36. The average molecular weight is 397 g/mol. The van der Waals surface area contributed by atoms with Crippen molar-refractivity contribution in [3.8, 4) is 0 Å². The average Bonchev–Trinajstić information content (AvgIpc) is 3.21. The zero-order valence-electron chi connectivity index (χ0n) is 16.1. The van der Waals surface area contributed by atoms with Crippen molar-refractivity contribution in [1.82, 2.24) is 9.21 Å². The van der Waals surface area contributed by atoms with Crippen LogP contribution in [0.4, 0.5) is 0 Å². The summed E-state index contributed by atoms with van der Waals surface area (Å²) in [5.41, 5.74) is 0.478. The van der Waals surface area contributed by atoms with Gasteiger partial charge in [0.2, 0.25) is 10.0 Å². The lowest BCUT2D eigenvalue weighted by Gasteiger charge is -2.38. The summed E-state index contributed by atoms with van der Waals surface area (Å²) in [7, 11) is -2.01. The highest BCUT2D eigenvalue weighted by molar-refractivity contribution is 7.89. The van der Waals surface area contributed by atoms with E-state index in [9.17, 15) is 13.2 Å². The van der Waals surface area contributed by atoms with Gasteiger partial charge in [0, 0.05) is 25.2 Å². The number of amides is 1. The number of sulfonamides is 1. The third kappa shape index (κ3) is 4.18. The minimum atomic E-state index is -3.56. The van der Waals surface area contributed by atoms with Crippen LogP contribution in [0.2, 0.25) is 0 Å². The van der Waals surface area contributed by atoms with Crippen LogP contribution in [0.25, 0.3) is 0 Å². The van der Waals surface area contributed by atoms with Gasteiger partial charge in [0.15, 0.2) is 6.29 Å². The number of carbonyl (C=O) groups is 1. The zero-order chi connectivity index (χ0) is 19.6. The molecule has 0 spiro atoms. The predicted molar refractivity (Wildman–Crippen MR) is 101 cm³/mol. The number of hydrogen-bond acceptors (Lipinski definition) is 5. The Morgan fingerprint density at radius 3 is 2.37 bits per heavy atom. The van der Waals surface area contributed by atoms with E-state index in [1.165, 1.54) is 16.4 Å². The molecule has 8 heteroatoms. The minimum Gasteiger partial charge on any atom is -0.348 e. The molecule has 2 aliphatic heterocycles. The van der Waals surface area contributed by atoms with E-state index in [1.54, 1.807) is 19.2 Å². The van der Waals surface area contributed by atoms with Crippen molar-refractivity contribution in [3.05, 3.63) is 29.8 Å². The van der Waals surface area contributed by atoms with Crippen molar-refractivity contribution in [2.24, 2.45) is 0 Å². The summed E-state index contributed by atoms with van der Waals surface area (Å²) in [5.74, 6) is -0.111. The Hall–Kier alpha value is -1.48. The SMILES string of the molecule is CC(C)N(C)S(=O)(=O)c1ccc(C(=O)N2CCCCC2C2OCCO2)cc1. The Balaban J connectivity index is 1.78. The van der Waals surface area contributed by atoms with E-state index in [0.717, 1.165) is 19.3 Å². The molecule has 1 amide bonds. The molecular formula is C19H28N2O5S. The van der Waals surface area contributed by atoms with Crippen molar-refractivity contribution in [3.63, 3.8) is 0 Å². The maximum Gasteiger partial charge on any atom is 0.254 e. The molecular weight excluding hydrogens is 368 g/mol. The van der Waals surface area contributed by atoms with Gasteiger partial charge in [0.05, 0.1) is 24.2 Å². The number of hydrogen-bond donors (Lipinski definition) is 0. The Labute approximate surface area is 161 Å². The van der Waals surface area contributed by atoms with Crippen LogP contribution >= 0.6 is 0 Å². The van der Waals surface area contributed by atoms with E-state index in [-0.39, 0.29) is 29.2 Å². The van der Waals surface area contributed by atoms with E-state index in [1.807, 2.05) is 18.7 Å². The molecule has 7 nitrogen and oxygen atoms in total. The Morgan fingerprint density at radius 2 is 1.78 bits per heavy atom. The summed E-state index contributed by atoms with van der Waals surface area (Å²) in [6.07, 6.45) is 2.47. The Morgan fingerprint density at radius 1 is 1.15 bits per heavy atom. The van der Waals surface area contributed by atoms with Crippen LogP contribution in [0.5, 0.6) is 0 Å². The lowest BCUT2D eigenvalue weighted by atomic mass is 10.00. The van der Waals surface area contributed by atoms with Gasteiger partial charge in [0.25, 0.3) is 5.91 Å². The van der Waals surface area contributed by atoms with E-state index < -0.39 is 10.0 Å². The number of carbonyl (C=O) groups excluding carboxylic acids is 1. The molecule has 2 saturated heterocycles. The molecule has 150 valence electrons. The molecule has 0 N–H and O–H groups in total. The number of ether oxygens (including phenoxy) is 2. The molecule has 27 heavy (non-hydrogen) atoms. The third-order valence-corrected chi connectivity index (χ3v) is 7.33. The van der Waals surface area contributed by atoms with Gasteiger partial charge >= 0.3 is 0 Å². The van der Waals surface area contributed by atoms with Gasteiger partial charge in [-0.15, -0.1) is 0 Å². The molecule has 0 aromatic heterocycles. The Kier molecular flexibility index (Phi) is 6.20. The van der Waals surface area contributed by atoms with Crippen LogP contribution in [0, 0.1) is 0 Å². The second-order valence-electron chi connectivity index (χ2n) is 7.31. The summed E-state index contributed by atoms with van der Waals surface area (Å²) in [6, 6.07) is 5.95. The molecule has 1 atom stereocenters. The molecule has 2 fully saturated rings. The molecule has 0 radical (unpaired) electrons. The first-order valence-electron chi connectivity index (χ1n) is 9.44. The third-order valence-electron chi connectivity index (χ3n) is 5.28. The lowest BCUT2D eigenvalue weighted by molar-refractivity contribution is -0.100. The number of rotatable bonds is 5. The van der Waals surface area contributed by atoms with Gasteiger partial charge in [0.1, 0.15) is 0 Å². The predicted octanol–water partition coefficient (Wildman–Crippen LogP) is 2.08. The number of benzene rings is 1. The van der Waals surface area contributed by atoms with Gasteiger partial charge in [-0.05, 0) is 57.4 Å². The Bertz CT molecular complexity index is 757. The first kappa shape index (κ1) is 20.3. The standard InChI is InChI=1S/C19H28N2O5S/c1-14(2)20(3)27(23,24)16-9-7-15(8-10-16)18(22)21-11-5-4-6-17(21)19-25-12-13-26-19/h7-10,14,17,19H,4-6,11-13H2,1-3H3. The van der Waals surface area contributed by atoms with E-state index in [4.69, 9.17) is 9.47 Å². The molecule has 2 aliphatic rings. The van der Waals surface area contributed by atoms with Crippen LogP contribution in [0.3, 0.4) is 0 Å². The molecule has 2 heterocycles. The van der Waals surface area contributed by atoms with Crippen LogP contribution in [-0.4, -0.2) is 68.7 Å². The van der Waals surface area contributed by atoms with Crippen molar-refractivity contribution in [2.45, 2.75) is 56.4 Å². The fourth-order valence-corrected chi connectivity index (χ4v) is 4.84. The van der Waals surface area contributed by atoms with Crippen molar-refractivity contribution in [1.29, 1.82) is 0 Å². The zero-order valence-corrected chi connectivity index (χ0v) is 16.9. The van der Waals surface area contributed by atoms with E-state index in [2.05, 4.69) is 0 Å². The first-order chi connectivity index (χ1) is 12.8. The molecule has 1 aromatic carbocycles. The van der Waals surface area contributed by atoms with Gasteiger partial charge < -0.3 is 14.4 Å². The monoisotopic (exact) mass is 396 g/mol. The number of piperidine rings is 1. The fourth-order valence-electron chi connectivity index (χ4n) is 3.47. The quantitative estimate of drug-likeness (QED) is 0.762. The maximum absolute atomic E-state index is 13.0. The molecule has 3 rings (SSSR count). The largest absolute Gasteiger partial charge is 0.348 e. The first-order valence-corrected chi connectivity index (χ1v) is 10.9. The topological polar surface area (TPSA) is 76.2 Å². The normalized spacial score (nSPS) is 22.0. The summed E-state index contributed by atoms with van der Waals surface area (Å²) < 4.78 is 37.7. The molecule has 1 unspecified atom stereocenters. The maximum atomic E-state index is 13.0.